The van der Waals surface area contributed by atoms with Crippen molar-refractivity contribution >= 4 is 5.97 Å². The van der Waals surface area contributed by atoms with Gasteiger partial charge in [0.15, 0.2) is 0 Å². The van der Waals surface area contributed by atoms with Crippen molar-refractivity contribution in [2.45, 2.75) is 19.9 Å². The second kappa shape index (κ2) is 5.54. The largest absolute Gasteiger partial charge is 0.475 e. The predicted octanol–water partition coefficient (Wildman–Crippen LogP) is 1.75. The van der Waals surface area contributed by atoms with Gasteiger partial charge in [0.1, 0.15) is 5.76 Å². The van der Waals surface area contributed by atoms with Crippen LogP contribution < -0.4 is 0 Å². The monoisotopic (exact) mass is 253 g/mol. The molecule has 1 aromatic heterocycles. The number of hydrogen-bond acceptors (Lipinski definition) is 4. The van der Waals surface area contributed by atoms with E-state index < -0.39 is 5.97 Å². The van der Waals surface area contributed by atoms with Gasteiger partial charge in [0.25, 0.3) is 0 Å². The smallest absolute Gasteiger partial charge is 0.371 e. The topological polar surface area (TPSA) is 62.9 Å². The first kappa shape index (κ1) is 13.1. The maximum Gasteiger partial charge on any atom is 0.371 e. The number of aromatic carboxylic acids is 1. The number of aryl methyl sites for hydroxylation is 1. The Morgan fingerprint density at radius 2 is 2.44 bits per heavy atom. The first-order valence-corrected chi connectivity index (χ1v) is 6.14. The second-order valence-electron chi connectivity index (χ2n) is 4.84. The van der Waals surface area contributed by atoms with Crippen molar-refractivity contribution in [1.82, 2.24) is 4.90 Å². The summed E-state index contributed by atoms with van der Waals surface area (Å²) in [5, 5.41) is 8.87. The maximum atomic E-state index is 10.8. The average molecular weight is 253 g/mol. The first-order valence-electron chi connectivity index (χ1n) is 6.14. The summed E-state index contributed by atoms with van der Waals surface area (Å²) in [5.74, 6) is 0.293. The Morgan fingerprint density at radius 3 is 3.06 bits per heavy atom. The van der Waals surface area contributed by atoms with Crippen molar-refractivity contribution in [2.24, 2.45) is 5.92 Å². The van der Waals surface area contributed by atoms with E-state index in [2.05, 4.69) is 4.90 Å². The Morgan fingerprint density at radius 1 is 1.67 bits per heavy atom. The highest BCUT2D eigenvalue weighted by Crippen LogP contribution is 2.22. The van der Waals surface area contributed by atoms with Crippen LogP contribution in [0.1, 0.15) is 28.3 Å². The lowest BCUT2D eigenvalue weighted by atomic mass is 10.1. The number of carboxylic acid groups (broad SMARTS) is 1. The Bertz CT molecular complexity index is 427. The van der Waals surface area contributed by atoms with E-state index in [4.69, 9.17) is 14.3 Å². The first-order chi connectivity index (χ1) is 8.60. The van der Waals surface area contributed by atoms with Crippen LogP contribution in [0.15, 0.2) is 10.5 Å². The van der Waals surface area contributed by atoms with Gasteiger partial charge in [-0.05, 0) is 31.9 Å². The van der Waals surface area contributed by atoms with Gasteiger partial charge in [-0.25, -0.2) is 4.79 Å². The van der Waals surface area contributed by atoms with Crippen molar-refractivity contribution in [1.29, 1.82) is 0 Å². The molecule has 1 N–H and O–H groups in total. The maximum absolute atomic E-state index is 10.8. The van der Waals surface area contributed by atoms with E-state index in [1.54, 1.807) is 13.2 Å². The zero-order chi connectivity index (χ0) is 13.1. The summed E-state index contributed by atoms with van der Waals surface area (Å²) in [4.78, 5) is 13.1. The molecule has 1 fully saturated rings. The number of hydrogen-bond donors (Lipinski definition) is 1. The van der Waals surface area contributed by atoms with Crippen LogP contribution >= 0.6 is 0 Å². The molecule has 5 heteroatoms. The van der Waals surface area contributed by atoms with E-state index in [0.29, 0.717) is 11.7 Å². The molecular formula is C13H19NO4. The van der Waals surface area contributed by atoms with Gasteiger partial charge in [0, 0.05) is 25.8 Å². The fourth-order valence-electron chi connectivity index (χ4n) is 2.45. The second-order valence-corrected chi connectivity index (χ2v) is 4.84. The molecule has 0 spiro atoms. The molecular weight excluding hydrogens is 234 g/mol. The third-order valence-corrected chi connectivity index (χ3v) is 3.40. The number of rotatable bonds is 5. The molecule has 100 valence electrons. The molecule has 0 saturated carbocycles. The molecule has 2 rings (SSSR count). The molecule has 0 radical (unpaired) electrons. The minimum atomic E-state index is -1.01. The van der Waals surface area contributed by atoms with Crippen molar-refractivity contribution in [3.63, 3.8) is 0 Å². The van der Waals surface area contributed by atoms with Crippen molar-refractivity contribution in [3.05, 3.63) is 23.2 Å². The highest BCUT2D eigenvalue weighted by Gasteiger charge is 2.24. The molecule has 18 heavy (non-hydrogen) atoms. The van der Waals surface area contributed by atoms with Gasteiger partial charge < -0.3 is 14.3 Å². The van der Waals surface area contributed by atoms with Crippen LogP contribution in [0.5, 0.6) is 0 Å². The van der Waals surface area contributed by atoms with Gasteiger partial charge in [-0.3, -0.25) is 4.90 Å². The summed E-state index contributed by atoms with van der Waals surface area (Å²) in [6.45, 7) is 5.39. The lowest BCUT2D eigenvalue weighted by Gasteiger charge is -2.15. The van der Waals surface area contributed by atoms with Crippen molar-refractivity contribution in [2.75, 3.05) is 26.8 Å². The van der Waals surface area contributed by atoms with Gasteiger partial charge in [-0.1, -0.05) is 0 Å². The van der Waals surface area contributed by atoms with E-state index in [9.17, 15) is 4.79 Å². The quantitative estimate of drug-likeness (QED) is 0.866. The van der Waals surface area contributed by atoms with E-state index >= 15 is 0 Å². The normalized spacial score (nSPS) is 20.4. The highest BCUT2D eigenvalue weighted by molar-refractivity contribution is 5.84. The fourth-order valence-corrected chi connectivity index (χ4v) is 2.45. The molecule has 1 saturated heterocycles. The lowest BCUT2D eigenvalue weighted by Crippen LogP contribution is -2.21. The number of furan rings is 1. The van der Waals surface area contributed by atoms with E-state index in [1.807, 2.05) is 6.92 Å². The molecule has 0 aromatic carbocycles. The Balaban J connectivity index is 1.96. The SMILES string of the molecule is COCC1CCN(Cc2cc(C(=O)O)oc2C)C1. The van der Waals surface area contributed by atoms with Gasteiger partial charge in [0.05, 0.1) is 6.61 Å². The molecule has 1 atom stereocenters. The number of carboxylic acids is 1. The Kier molecular flexibility index (Phi) is 4.04. The summed E-state index contributed by atoms with van der Waals surface area (Å²) < 4.78 is 10.4. The molecule has 2 heterocycles. The van der Waals surface area contributed by atoms with Crippen molar-refractivity contribution in [3.8, 4) is 0 Å². The van der Waals surface area contributed by atoms with E-state index in [0.717, 1.165) is 38.2 Å². The lowest BCUT2D eigenvalue weighted by molar-refractivity contribution is 0.0661. The van der Waals surface area contributed by atoms with Gasteiger partial charge in [-0.2, -0.15) is 0 Å². The van der Waals surface area contributed by atoms with Crippen LogP contribution in [0, 0.1) is 12.8 Å². The summed E-state index contributed by atoms with van der Waals surface area (Å²) >= 11 is 0. The average Bonchev–Trinajstić information content (AvgIpc) is 2.88. The third kappa shape index (κ3) is 2.91. The fraction of sp³-hybridized carbons (Fsp3) is 0.615. The standard InChI is InChI=1S/C13H19NO4/c1-9-11(5-12(18-9)13(15)16)7-14-4-3-10(6-14)8-17-2/h5,10H,3-4,6-8H2,1-2H3,(H,15,16). The Hall–Kier alpha value is -1.33. The van der Waals surface area contributed by atoms with Crippen LogP contribution in [0.25, 0.3) is 0 Å². The van der Waals surface area contributed by atoms with Crippen LogP contribution in [-0.4, -0.2) is 42.8 Å². The number of carbonyl (C=O) groups is 1. The molecule has 1 unspecified atom stereocenters. The zero-order valence-electron chi connectivity index (χ0n) is 10.8. The highest BCUT2D eigenvalue weighted by atomic mass is 16.5. The molecule has 0 amide bonds. The van der Waals surface area contributed by atoms with Crippen LogP contribution in [-0.2, 0) is 11.3 Å². The molecule has 1 aromatic rings. The van der Waals surface area contributed by atoms with E-state index in [-0.39, 0.29) is 5.76 Å². The van der Waals surface area contributed by atoms with Gasteiger partial charge in [0.2, 0.25) is 5.76 Å². The summed E-state index contributed by atoms with van der Waals surface area (Å²) in [5.41, 5.74) is 0.963. The summed E-state index contributed by atoms with van der Waals surface area (Å²) in [6, 6.07) is 1.63. The minimum absolute atomic E-state index is 0.0233. The zero-order valence-corrected chi connectivity index (χ0v) is 10.8. The number of nitrogens with zero attached hydrogens (tertiary/aromatic N) is 1. The van der Waals surface area contributed by atoms with Gasteiger partial charge in [-0.15, -0.1) is 0 Å². The third-order valence-electron chi connectivity index (χ3n) is 3.40. The number of likely N-dealkylation sites (tertiary alicyclic amines) is 1. The summed E-state index contributed by atoms with van der Waals surface area (Å²) in [6.07, 6.45) is 1.14. The molecule has 1 aliphatic rings. The van der Waals surface area contributed by atoms with Crippen molar-refractivity contribution < 1.29 is 19.1 Å². The molecule has 0 bridgehead atoms. The Labute approximate surface area is 106 Å². The predicted molar refractivity (Wildman–Crippen MR) is 65.7 cm³/mol. The minimum Gasteiger partial charge on any atom is -0.475 e. The molecule has 0 aliphatic carbocycles. The number of methoxy groups -OCH3 is 1. The number of ether oxygens (including phenoxy) is 1. The van der Waals surface area contributed by atoms with E-state index in [1.165, 1.54) is 0 Å². The van der Waals surface area contributed by atoms with Crippen LogP contribution in [0.4, 0.5) is 0 Å². The molecule has 1 aliphatic heterocycles. The van der Waals surface area contributed by atoms with Crippen LogP contribution in [0.3, 0.4) is 0 Å². The summed E-state index contributed by atoms with van der Waals surface area (Å²) in [7, 11) is 1.72. The molecule has 5 nitrogen and oxygen atoms in total. The van der Waals surface area contributed by atoms with Gasteiger partial charge >= 0.3 is 5.97 Å². The van der Waals surface area contributed by atoms with Crippen LogP contribution in [0.2, 0.25) is 0 Å².